The molecule has 0 aliphatic heterocycles. The molecule has 0 fully saturated rings. The van der Waals surface area contributed by atoms with E-state index < -0.39 is 5.97 Å². The van der Waals surface area contributed by atoms with Crippen LogP contribution in [0.15, 0.2) is 36.7 Å². The van der Waals surface area contributed by atoms with Gasteiger partial charge in [0.15, 0.2) is 11.6 Å². The fourth-order valence-electron chi connectivity index (χ4n) is 4.05. The first-order chi connectivity index (χ1) is 17.7. The van der Waals surface area contributed by atoms with E-state index in [0.717, 1.165) is 69.5 Å². The number of unbranched alkanes of at least 4 members (excludes halogenated alkanes) is 10. The summed E-state index contributed by atoms with van der Waals surface area (Å²) in [5.41, 5.74) is 2.38. The van der Waals surface area contributed by atoms with Crippen LogP contribution in [0, 0.1) is 0 Å². The van der Waals surface area contributed by atoms with E-state index in [2.05, 4.69) is 41.2 Å². The number of aliphatic carboxylic acids is 1. The third-order valence-corrected chi connectivity index (χ3v) is 6.29. The van der Waals surface area contributed by atoms with Crippen LogP contribution in [0.4, 0.5) is 0 Å². The Bertz CT molecular complexity index is 809. The van der Waals surface area contributed by atoms with Crippen molar-refractivity contribution in [3.05, 3.63) is 42.2 Å². The van der Waals surface area contributed by atoms with Crippen LogP contribution < -0.4 is 4.74 Å². The molecular formula is C30H46N2O4. The molecule has 0 radical (unpaired) electrons. The Balaban J connectivity index is 1.53. The number of carboxylic acid groups (broad SMARTS) is 1. The summed E-state index contributed by atoms with van der Waals surface area (Å²) in [7, 11) is 0. The van der Waals surface area contributed by atoms with Crippen LogP contribution in [0.25, 0.3) is 11.4 Å². The molecule has 36 heavy (non-hydrogen) atoms. The third-order valence-electron chi connectivity index (χ3n) is 6.29. The molecule has 0 unspecified atom stereocenters. The molecule has 0 aliphatic carbocycles. The van der Waals surface area contributed by atoms with Crippen molar-refractivity contribution in [2.45, 2.75) is 103 Å². The first-order valence-corrected chi connectivity index (χ1v) is 14.0. The fourth-order valence-corrected chi connectivity index (χ4v) is 4.05. The van der Waals surface area contributed by atoms with E-state index in [1.54, 1.807) is 12.4 Å². The van der Waals surface area contributed by atoms with Gasteiger partial charge >= 0.3 is 5.97 Å². The van der Waals surface area contributed by atoms with Gasteiger partial charge in [-0.25, -0.2) is 9.97 Å². The SMILES string of the molecule is CCCCOCCCCOc1cnc(-c2ccc(CCCCCCCCCCCC(=O)O)cc2)nc1. The maximum Gasteiger partial charge on any atom is 0.303 e. The van der Waals surface area contributed by atoms with E-state index in [9.17, 15) is 4.79 Å². The lowest BCUT2D eigenvalue weighted by Gasteiger charge is -2.07. The predicted molar refractivity (Wildman–Crippen MR) is 145 cm³/mol. The lowest BCUT2D eigenvalue weighted by molar-refractivity contribution is -0.137. The molecule has 2 rings (SSSR count). The first-order valence-electron chi connectivity index (χ1n) is 14.0. The van der Waals surface area contributed by atoms with E-state index in [0.29, 0.717) is 18.8 Å². The van der Waals surface area contributed by atoms with Gasteiger partial charge in [0.05, 0.1) is 19.0 Å². The van der Waals surface area contributed by atoms with Crippen molar-refractivity contribution >= 4 is 5.97 Å². The van der Waals surface area contributed by atoms with Crippen molar-refractivity contribution in [2.75, 3.05) is 19.8 Å². The minimum Gasteiger partial charge on any atom is -0.490 e. The van der Waals surface area contributed by atoms with Gasteiger partial charge in [0, 0.05) is 25.2 Å². The third kappa shape index (κ3) is 14.2. The fraction of sp³-hybridized carbons (Fsp3) is 0.633. The van der Waals surface area contributed by atoms with E-state index >= 15 is 0 Å². The van der Waals surface area contributed by atoms with Crippen LogP contribution in [0.1, 0.15) is 102 Å². The summed E-state index contributed by atoms with van der Waals surface area (Å²) in [6.45, 7) is 4.48. The number of carbonyl (C=O) groups is 1. The summed E-state index contributed by atoms with van der Waals surface area (Å²) >= 11 is 0. The number of hydrogen-bond acceptors (Lipinski definition) is 5. The summed E-state index contributed by atoms with van der Waals surface area (Å²) in [6, 6.07) is 8.58. The Labute approximate surface area is 217 Å². The largest absolute Gasteiger partial charge is 0.490 e. The highest BCUT2D eigenvalue weighted by Crippen LogP contribution is 2.19. The zero-order chi connectivity index (χ0) is 25.7. The molecular weight excluding hydrogens is 452 g/mol. The van der Waals surface area contributed by atoms with Crippen LogP contribution in [-0.2, 0) is 16.0 Å². The summed E-state index contributed by atoms with van der Waals surface area (Å²) in [5, 5.41) is 8.64. The maximum atomic E-state index is 10.5. The number of aromatic nitrogens is 2. The number of benzene rings is 1. The predicted octanol–water partition coefficient (Wildman–Crippen LogP) is 7.65. The Hall–Kier alpha value is -2.47. The van der Waals surface area contributed by atoms with E-state index in [1.807, 2.05) is 0 Å². The number of aryl methyl sites for hydroxylation is 1. The van der Waals surface area contributed by atoms with Gasteiger partial charge in [0.2, 0.25) is 0 Å². The molecule has 1 N–H and O–H groups in total. The molecule has 1 aromatic carbocycles. The summed E-state index contributed by atoms with van der Waals surface area (Å²) in [5.74, 6) is 0.754. The highest BCUT2D eigenvalue weighted by molar-refractivity contribution is 5.66. The zero-order valence-corrected chi connectivity index (χ0v) is 22.3. The van der Waals surface area contributed by atoms with Crippen molar-refractivity contribution < 1.29 is 19.4 Å². The standard InChI is InChI=1S/C30H46N2O4/c1-2-3-21-35-22-13-14-23-36-28-24-31-30(32-25-28)27-19-17-26(18-20-27)15-11-9-7-5-4-6-8-10-12-16-29(33)34/h17-20,24-25H,2-16,21-23H2,1H3,(H,33,34). The summed E-state index contributed by atoms with van der Waals surface area (Å²) in [4.78, 5) is 19.4. The average molecular weight is 499 g/mol. The van der Waals surface area contributed by atoms with E-state index in [1.165, 1.54) is 50.5 Å². The van der Waals surface area contributed by atoms with Gasteiger partial charge in [0.25, 0.3) is 0 Å². The van der Waals surface area contributed by atoms with Gasteiger partial charge in [-0.05, 0) is 44.1 Å². The van der Waals surface area contributed by atoms with Crippen LogP contribution in [0.3, 0.4) is 0 Å². The Kier molecular flexibility index (Phi) is 16.3. The van der Waals surface area contributed by atoms with Crippen molar-refractivity contribution in [2.24, 2.45) is 0 Å². The Morgan fingerprint density at radius 2 is 1.33 bits per heavy atom. The number of carboxylic acids is 1. The second-order valence-corrected chi connectivity index (χ2v) is 9.54. The Morgan fingerprint density at radius 1 is 0.750 bits per heavy atom. The normalized spacial score (nSPS) is 11.0. The second-order valence-electron chi connectivity index (χ2n) is 9.54. The van der Waals surface area contributed by atoms with E-state index in [-0.39, 0.29) is 0 Å². The molecule has 200 valence electrons. The highest BCUT2D eigenvalue weighted by Gasteiger charge is 2.03. The smallest absolute Gasteiger partial charge is 0.303 e. The molecule has 0 aliphatic rings. The van der Waals surface area contributed by atoms with Gasteiger partial charge in [0.1, 0.15) is 0 Å². The molecule has 0 bridgehead atoms. The molecule has 1 aromatic heterocycles. The van der Waals surface area contributed by atoms with Crippen molar-refractivity contribution in [1.29, 1.82) is 0 Å². The van der Waals surface area contributed by atoms with E-state index in [4.69, 9.17) is 14.6 Å². The van der Waals surface area contributed by atoms with Crippen LogP contribution in [-0.4, -0.2) is 40.9 Å². The molecule has 0 spiro atoms. The van der Waals surface area contributed by atoms with Gasteiger partial charge in [-0.1, -0.05) is 82.6 Å². The molecule has 0 amide bonds. The summed E-state index contributed by atoms with van der Waals surface area (Å²) in [6.07, 6.45) is 19.7. The molecule has 6 heteroatoms. The lowest BCUT2D eigenvalue weighted by Crippen LogP contribution is -2.02. The van der Waals surface area contributed by atoms with Gasteiger partial charge in [-0.2, -0.15) is 0 Å². The molecule has 0 atom stereocenters. The molecule has 6 nitrogen and oxygen atoms in total. The van der Waals surface area contributed by atoms with Gasteiger partial charge in [-0.15, -0.1) is 0 Å². The Morgan fingerprint density at radius 3 is 1.97 bits per heavy atom. The van der Waals surface area contributed by atoms with Crippen molar-refractivity contribution in [1.82, 2.24) is 9.97 Å². The van der Waals surface area contributed by atoms with Crippen LogP contribution >= 0.6 is 0 Å². The minimum atomic E-state index is -0.678. The van der Waals surface area contributed by atoms with Gasteiger partial charge in [-0.3, -0.25) is 4.79 Å². The number of hydrogen-bond donors (Lipinski definition) is 1. The number of rotatable bonds is 22. The first kappa shape index (κ1) is 29.8. The monoisotopic (exact) mass is 498 g/mol. The minimum absolute atomic E-state index is 0.311. The van der Waals surface area contributed by atoms with Crippen LogP contribution in [0.2, 0.25) is 0 Å². The van der Waals surface area contributed by atoms with Crippen molar-refractivity contribution in [3.8, 4) is 17.1 Å². The average Bonchev–Trinajstić information content (AvgIpc) is 2.89. The maximum absolute atomic E-state index is 10.5. The number of ether oxygens (including phenoxy) is 2. The highest BCUT2D eigenvalue weighted by atomic mass is 16.5. The molecule has 0 saturated heterocycles. The topological polar surface area (TPSA) is 81.5 Å². The molecule has 2 aromatic rings. The zero-order valence-electron chi connectivity index (χ0n) is 22.3. The lowest BCUT2D eigenvalue weighted by atomic mass is 10.0. The second kappa shape index (κ2) is 19.7. The van der Waals surface area contributed by atoms with Gasteiger partial charge < -0.3 is 14.6 Å². The molecule has 1 heterocycles. The molecule has 0 saturated carbocycles. The number of nitrogens with zero attached hydrogens (tertiary/aromatic N) is 2. The van der Waals surface area contributed by atoms with Crippen LogP contribution in [0.5, 0.6) is 5.75 Å². The summed E-state index contributed by atoms with van der Waals surface area (Å²) < 4.78 is 11.3. The van der Waals surface area contributed by atoms with Crippen molar-refractivity contribution in [3.63, 3.8) is 0 Å². The quantitative estimate of drug-likeness (QED) is 0.168.